The van der Waals surface area contributed by atoms with Crippen LogP contribution in [0.25, 0.3) is 0 Å². The maximum Gasteiger partial charge on any atom is 0.223 e. The molecule has 3 nitrogen and oxygen atoms in total. The minimum atomic E-state index is -0.610. The molecule has 1 fully saturated rings. The van der Waals surface area contributed by atoms with Crippen molar-refractivity contribution in [2.45, 2.75) is 18.4 Å². The molecular formula is C18H18F2N2O. The first-order chi connectivity index (χ1) is 11.1. The van der Waals surface area contributed by atoms with Gasteiger partial charge in [-0.2, -0.15) is 0 Å². The fourth-order valence-corrected chi connectivity index (χ4v) is 2.79. The normalized spacial score (nSPS) is 20.8. The summed E-state index contributed by atoms with van der Waals surface area (Å²) in [7, 11) is 0. The largest absolute Gasteiger partial charge is 0.354 e. The molecule has 0 bridgehead atoms. The average Bonchev–Trinajstić information content (AvgIpc) is 3.33. The van der Waals surface area contributed by atoms with Crippen LogP contribution in [0.5, 0.6) is 0 Å². The number of nitrogens with one attached hydrogen (secondary N) is 1. The van der Waals surface area contributed by atoms with Gasteiger partial charge in [0.05, 0.1) is 0 Å². The van der Waals surface area contributed by atoms with Gasteiger partial charge >= 0.3 is 0 Å². The molecule has 0 heterocycles. The number of hydrogen-bond acceptors (Lipinski definition) is 2. The van der Waals surface area contributed by atoms with E-state index in [-0.39, 0.29) is 23.8 Å². The second kappa shape index (κ2) is 6.46. The number of rotatable bonds is 5. The molecule has 0 saturated heterocycles. The summed E-state index contributed by atoms with van der Waals surface area (Å²) in [6, 6.07) is 12.7. The van der Waals surface area contributed by atoms with Gasteiger partial charge < -0.3 is 11.1 Å². The van der Waals surface area contributed by atoms with Crippen LogP contribution in [0.1, 0.15) is 29.5 Å². The molecule has 5 heteroatoms. The summed E-state index contributed by atoms with van der Waals surface area (Å²) in [6.07, 6.45) is 0.578. The molecule has 23 heavy (non-hydrogen) atoms. The third-order valence-electron chi connectivity index (χ3n) is 4.21. The van der Waals surface area contributed by atoms with Crippen LogP contribution < -0.4 is 11.1 Å². The molecule has 3 unspecified atom stereocenters. The molecular weight excluding hydrogens is 298 g/mol. The standard InChI is InChI=1S/C18H18F2N2O/c19-12-6-7-13(16(20)8-12)14-9-15(14)18(23)22-10-17(21)11-4-2-1-3-5-11/h1-8,14-15,17H,9-10,21H2,(H,22,23). The van der Waals surface area contributed by atoms with Gasteiger partial charge in [-0.25, -0.2) is 8.78 Å². The lowest BCUT2D eigenvalue weighted by Crippen LogP contribution is -2.33. The van der Waals surface area contributed by atoms with E-state index in [0.717, 1.165) is 11.6 Å². The van der Waals surface area contributed by atoms with Crippen LogP contribution in [0.4, 0.5) is 8.78 Å². The van der Waals surface area contributed by atoms with E-state index in [1.54, 1.807) is 0 Å². The monoisotopic (exact) mass is 316 g/mol. The minimum Gasteiger partial charge on any atom is -0.354 e. The third-order valence-corrected chi connectivity index (χ3v) is 4.21. The van der Waals surface area contributed by atoms with Crippen molar-refractivity contribution in [3.05, 3.63) is 71.3 Å². The first kappa shape index (κ1) is 15.6. The molecule has 1 saturated carbocycles. The van der Waals surface area contributed by atoms with Gasteiger partial charge in [0, 0.05) is 24.6 Å². The molecule has 2 aromatic rings. The first-order valence-electron chi connectivity index (χ1n) is 7.59. The average molecular weight is 316 g/mol. The van der Waals surface area contributed by atoms with E-state index in [9.17, 15) is 13.6 Å². The molecule has 3 rings (SSSR count). The highest BCUT2D eigenvalue weighted by molar-refractivity contribution is 5.82. The lowest BCUT2D eigenvalue weighted by atomic mass is 10.1. The van der Waals surface area contributed by atoms with Crippen molar-refractivity contribution < 1.29 is 13.6 Å². The van der Waals surface area contributed by atoms with Gasteiger partial charge in [0.2, 0.25) is 5.91 Å². The van der Waals surface area contributed by atoms with Gasteiger partial charge in [0.25, 0.3) is 0 Å². The van der Waals surface area contributed by atoms with E-state index in [1.165, 1.54) is 12.1 Å². The van der Waals surface area contributed by atoms with E-state index in [0.29, 0.717) is 18.5 Å². The van der Waals surface area contributed by atoms with Gasteiger partial charge in [-0.1, -0.05) is 36.4 Å². The fourth-order valence-electron chi connectivity index (χ4n) is 2.79. The van der Waals surface area contributed by atoms with Crippen molar-refractivity contribution in [1.82, 2.24) is 5.32 Å². The lowest BCUT2D eigenvalue weighted by Gasteiger charge is -2.13. The Morgan fingerprint density at radius 3 is 2.65 bits per heavy atom. The molecule has 0 radical (unpaired) electrons. The zero-order valence-corrected chi connectivity index (χ0v) is 12.5. The third kappa shape index (κ3) is 3.56. The van der Waals surface area contributed by atoms with E-state index in [1.807, 2.05) is 30.3 Å². The van der Waals surface area contributed by atoms with Gasteiger partial charge in [-0.3, -0.25) is 4.79 Å². The van der Waals surface area contributed by atoms with Crippen LogP contribution in [-0.4, -0.2) is 12.5 Å². The molecule has 3 atom stereocenters. The molecule has 0 aliphatic heterocycles. The highest BCUT2D eigenvalue weighted by Gasteiger charge is 2.45. The number of carbonyl (C=O) groups is 1. The summed E-state index contributed by atoms with van der Waals surface area (Å²) in [5, 5.41) is 2.81. The molecule has 1 amide bonds. The first-order valence-corrected chi connectivity index (χ1v) is 7.59. The predicted molar refractivity (Wildman–Crippen MR) is 83.6 cm³/mol. The van der Waals surface area contributed by atoms with Crippen LogP contribution in [-0.2, 0) is 4.79 Å². The summed E-state index contributed by atoms with van der Waals surface area (Å²) in [6.45, 7) is 0.331. The maximum absolute atomic E-state index is 13.7. The van der Waals surface area contributed by atoms with Crippen LogP contribution in [0, 0.1) is 17.6 Å². The highest BCUT2D eigenvalue weighted by atomic mass is 19.1. The zero-order valence-electron chi connectivity index (χ0n) is 12.5. The maximum atomic E-state index is 13.7. The smallest absolute Gasteiger partial charge is 0.223 e. The second-order valence-electron chi connectivity index (χ2n) is 5.88. The van der Waals surface area contributed by atoms with Crippen LogP contribution in [0.15, 0.2) is 48.5 Å². The molecule has 120 valence electrons. The van der Waals surface area contributed by atoms with Gasteiger partial charge in [-0.05, 0) is 29.5 Å². The minimum absolute atomic E-state index is 0.134. The van der Waals surface area contributed by atoms with E-state index in [2.05, 4.69) is 5.32 Å². The molecule has 1 aliphatic carbocycles. The Balaban J connectivity index is 1.54. The van der Waals surface area contributed by atoms with Gasteiger partial charge in [-0.15, -0.1) is 0 Å². The fraction of sp³-hybridized carbons (Fsp3) is 0.278. The number of hydrogen-bond donors (Lipinski definition) is 2. The second-order valence-corrected chi connectivity index (χ2v) is 5.88. The van der Waals surface area contributed by atoms with Gasteiger partial charge in [0.1, 0.15) is 11.6 Å². The Morgan fingerprint density at radius 1 is 1.22 bits per heavy atom. The van der Waals surface area contributed by atoms with Crippen molar-refractivity contribution >= 4 is 5.91 Å². The van der Waals surface area contributed by atoms with Crippen molar-refractivity contribution in [3.8, 4) is 0 Å². The van der Waals surface area contributed by atoms with Crippen LogP contribution >= 0.6 is 0 Å². The van der Waals surface area contributed by atoms with Crippen molar-refractivity contribution in [1.29, 1.82) is 0 Å². The summed E-state index contributed by atoms with van der Waals surface area (Å²) in [5.41, 5.74) is 7.38. The summed E-state index contributed by atoms with van der Waals surface area (Å²) in [5.74, 6) is -1.78. The van der Waals surface area contributed by atoms with Crippen molar-refractivity contribution in [3.63, 3.8) is 0 Å². The Kier molecular flexibility index (Phi) is 4.39. The SMILES string of the molecule is NC(CNC(=O)C1CC1c1ccc(F)cc1F)c1ccccc1. The molecule has 1 aliphatic rings. The van der Waals surface area contributed by atoms with E-state index < -0.39 is 11.6 Å². The number of amides is 1. The van der Waals surface area contributed by atoms with Crippen LogP contribution in [0.2, 0.25) is 0 Å². The molecule has 3 N–H and O–H groups in total. The topological polar surface area (TPSA) is 55.1 Å². The van der Waals surface area contributed by atoms with Crippen molar-refractivity contribution in [2.24, 2.45) is 11.7 Å². The van der Waals surface area contributed by atoms with E-state index in [4.69, 9.17) is 5.73 Å². The van der Waals surface area contributed by atoms with Crippen LogP contribution in [0.3, 0.4) is 0 Å². The number of benzene rings is 2. The van der Waals surface area contributed by atoms with Crippen molar-refractivity contribution in [2.75, 3.05) is 6.54 Å². The summed E-state index contributed by atoms with van der Waals surface area (Å²) < 4.78 is 26.6. The number of halogens is 2. The Hall–Kier alpha value is -2.27. The number of nitrogens with two attached hydrogens (primary N) is 1. The molecule has 0 aromatic heterocycles. The quantitative estimate of drug-likeness (QED) is 0.891. The van der Waals surface area contributed by atoms with Gasteiger partial charge in [0.15, 0.2) is 0 Å². The Bertz CT molecular complexity index is 705. The van der Waals surface area contributed by atoms with E-state index >= 15 is 0 Å². The summed E-state index contributed by atoms with van der Waals surface area (Å²) in [4.78, 5) is 12.1. The Labute approximate surface area is 133 Å². The Morgan fingerprint density at radius 2 is 1.96 bits per heavy atom. The molecule has 2 aromatic carbocycles. The number of carbonyl (C=O) groups excluding carboxylic acids is 1. The predicted octanol–water partition coefficient (Wildman–Crippen LogP) is 2.88. The lowest BCUT2D eigenvalue weighted by molar-refractivity contribution is -0.122. The molecule has 0 spiro atoms. The highest BCUT2D eigenvalue weighted by Crippen LogP contribution is 2.48. The zero-order chi connectivity index (χ0) is 16.4. The summed E-state index contributed by atoms with van der Waals surface area (Å²) >= 11 is 0.